The lowest BCUT2D eigenvalue weighted by Gasteiger charge is -2.18. The van der Waals surface area contributed by atoms with Crippen LogP contribution in [-0.2, 0) is 57.1 Å². The van der Waals surface area contributed by atoms with Crippen molar-refractivity contribution in [2.75, 3.05) is 84.8 Å². The third-order valence-corrected chi connectivity index (χ3v) is 10.3. The van der Waals surface area contributed by atoms with E-state index in [2.05, 4.69) is 34.4 Å². The summed E-state index contributed by atoms with van der Waals surface area (Å²) in [6.07, 6.45) is -0.597. The van der Waals surface area contributed by atoms with E-state index >= 15 is 0 Å². The van der Waals surface area contributed by atoms with Crippen molar-refractivity contribution in [3.8, 4) is 0 Å². The van der Waals surface area contributed by atoms with Gasteiger partial charge in [0.15, 0.2) is 0 Å². The van der Waals surface area contributed by atoms with Gasteiger partial charge in [-0.05, 0) is 67.8 Å². The Kier molecular flexibility index (Phi) is 35.4. The van der Waals surface area contributed by atoms with E-state index in [9.17, 15) is 38.4 Å². The first-order chi connectivity index (χ1) is 34.9. The van der Waals surface area contributed by atoms with Crippen LogP contribution in [0.5, 0.6) is 0 Å². The maximum Gasteiger partial charge on any atom is 0.412 e. The van der Waals surface area contributed by atoms with Gasteiger partial charge < -0.3 is 37.9 Å². The molecule has 0 saturated heterocycles. The van der Waals surface area contributed by atoms with Gasteiger partial charge in [-0.2, -0.15) is 11.8 Å². The minimum Gasteiger partial charge on any atom is -0.465 e. The second kappa shape index (κ2) is 40.5. The normalized spacial score (nSPS) is 10.3. The summed E-state index contributed by atoms with van der Waals surface area (Å²) >= 11 is 2.83. The van der Waals surface area contributed by atoms with Crippen LogP contribution in [0.25, 0.3) is 0 Å². The number of carbonyl (C=O) groups excluding carboxylic acids is 8. The first-order valence-electron chi connectivity index (χ1n) is 23.1. The molecule has 394 valence electrons. The second-order valence-electron chi connectivity index (χ2n) is 13.5. The quantitative estimate of drug-likeness (QED) is 0.0159. The molecule has 72 heavy (non-hydrogen) atoms. The van der Waals surface area contributed by atoms with E-state index in [0.29, 0.717) is 36.5 Å². The van der Waals surface area contributed by atoms with Crippen molar-refractivity contribution >= 4 is 94.5 Å². The number of unbranched alkanes of at least 4 members (excludes halogenated alkanes) is 2. The molecule has 0 saturated carbocycles. The molecule has 0 radical (unpaired) electrons. The number of rotatable bonds is 30. The van der Waals surface area contributed by atoms with Gasteiger partial charge in [-0.15, -0.1) is 11.8 Å². The third kappa shape index (κ3) is 31.8. The van der Waals surface area contributed by atoms with E-state index in [-0.39, 0.29) is 81.9 Å². The van der Waals surface area contributed by atoms with E-state index < -0.39 is 54.4 Å². The highest BCUT2D eigenvalue weighted by Crippen LogP contribution is 2.20. The second-order valence-corrected chi connectivity index (χ2v) is 15.9. The molecule has 0 aromatic heterocycles. The average molecular weight is 1040 g/mol. The number of amides is 4. The van der Waals surface area contributed by atoms with Crippen molar-refractivity contribution in [2.24, 2.45) is 0 Å². The Hall–Kier alpha value is -7.20. The molecule has 1 unspecified atom stereocenters. The lowest BCUT2D eigenvalue weighted by molar-refractivity contribution is -0.149. The van der Waals surface area contributed by atoms with Crippen molar-refractivity contribution < 1.29 is 76.3 Å². The number of hydrogen-bond acceptors (Lipinski definition) is 18. The molecule has 0 bridgehead atoms. The molecule has 20 nitrogen and oxygen atoms in total. The highest BCUT2D eigenvalue weighted by Gasteiger charge is 2.19. The lowest BCUT2D eigenvalue weighted by Crippen LogP contribution is -2.31. The van der Waals surface area contributed by atoms with E-state index in [1.165, 1.54) is 30.0 Å². The first-order valence-corrected chi connectivity index (χ1v) is 25.2. The lowest BCUT2D eigenvalue weighted by atomic mass is 10.2. The van der Waals surface area contributed by atoms with Crippen LogP contribution in [0.1, 0.15) is 59.8 Å². The van der Waals surface area contributed by atoms with Crippen molar-refractivity contribution in [1.29, 1.82) is 0 Å². The van der Waals surface area contributed by atoms with Gasteiger partial charge in [-0.1, -0.05) is 71.2 Å². The molecule has 0 aliphatic carbocycles. The molecular formula is C50H66N4O16S2. The highest BCUT2D eigenvalue weighted by atomic mass is 32.2. The molecule has 0 fully saturated rings. The standard InChI is InChI=1S/C46H54N4O16S2.2C2H6/c1-3-39(51)59-22-23-61-41(53)19-9-6-10-21-63-43(55)47-34-14-12-16-36(30-34)50-46(58)66-37(32-67-27-20-42(54)62-26-28-68-38-17-7-5-8-18-38)31-65-45(57)49-35-15-11-13-33(29-35)48-44(56)64-25-24-60-40(52)4-2;2*1-2/h3-5,7-8,11-18,29-30,37H,1-2,6,9-10,19-28,31-32H2,(H,47,55)(H,48,56)(H,49,57)(H,50,58);2*1-2H3. The molecule has 0 spiro atoms. The third-order valence-electron chi connectivity index (χ3n) is 8.24. The average Bonchev–Trinajstić information content (AvgIpc) is 3.38. The van der Waals surface area contributed by atoms with E-state index in [1.807, 2.05) is 58.0 Å². The predicted octanol–water partition coefficient (Wildman–Crippen LogP) is 10.0. The van der Waals surface area contributed by atoms with E-state index in [4.69, 9.17) is 37.9 Å². The number of benzene rings is 3. The van der Waals surface area contributed by atoms with Gasteiger partial charge in [0, 0.05) is 63.5 Å². The summed E-state index contributed by atoms with van der Waals surface area (Å²) in [5.74, 6) is -1.08. The van der Waals surface area contributed by atoms with Crippen molar-refractivity contribution in [3.63, 3.8) is 0 Å². The molecule has 0 heterocycles. The van der Waals surface area contributed by atoms with Gasteiger partial charge in [-0.25, -0.2) is 28.8 Å². The molecule has 3 aromatic rings. The largest absolute Gasteiger partial charge is 0.465 e. The monoisotopic (exact) mass is 1040 g/mol. The molecule has 0 aliphatic heterocycles. The van der Waals surface area contributed by atoms with E-state index in [0.717, 1.165) is 17.0 Å². The Morgan fingerprint density at radius 3 is 1.53 bits per heavy atom. The summed E-state index contributed by atoms with van der Waals surface area (Å²) in [6, 6.07) is 21.9. The van der Waals surface area contributed by atoms with Crippen LogP contribution in [0.15, 0.2) is 109 Å². The molecular weight excluding hydrogens is 977 g/mol. The number of carbonyl (C=O) groups is 8. The number of hydrogen-bond donors (Lipinski definition) is 4. The summed E-state index contributed by atoms with van der Waals surface area (Å²) in [5.41, 5.74) is 1.07. The topological polar surface area (TPSA) is 259 Å². The molecule has 3 aromatic carbocycles. The molecule has 4 N–H and O–H groups in total. The Labute approximate surface area is 429 Å². The van der Waals surface area contributed by atoms with Gasteiger partial charge in [0.25, 0.3) is 0 Å². The number of thioether (sulfide) groups is 2. The van der Waals surface area contributed by atoms with Crippen LogP contribution >= 0.6 is 23.5 Å². The van der Waals surface area contributed by atoms with Gasteiger partial charge in [0.05, 0.1) is 13.0 Å². The molecule has 22 heteroatoms. The minimum absolute atomic E-state index is 0.0605. The first kappa shape index (κ1) is 62.8. The zero-order valence-corrected chi connectivity index (χ0v) is 42.7. The Morgan fingerprint density at radius 1 is 0.500 bits per heavy atom. The minimum atomic E-state index is -0.992. The molecule has 1 atom stereocenters. The van der Waals surface area contributed by atoms with Crippen LogP contribution in [0.4, 0.5) is 41.9 Å². The number of anilines is 4. The molecule has 0 aliphatic rings. The fourth-order valence-corrected chi connectivity index (χ4v) is 6.80. The van der Waals surface area contributed by atoms with Crippen LogP contribution in [0.3, 0.4) is 0 Å². The van der Waals surface area contributed by atoms with Gasteiger partial charge >= 0.3 is 48.3 Å². The summed E-state index contributed by atoms with van der Waals surface area (Å²) in [6.45, 7) is 14.0. The van der Waals surface area contributed by atoms with Gasteiger partial charge in [0.2, 0.25) is 0 Å². The summed E-state index contributed by atoms with van der Waals surface area (Å²) in [5, 5.41) is 10.2. The molecule has 3 rings (SSSR count). The summed E-state index contributed by atoms with van der Waals surface area (Å²) in [4.78, 5) is 97.9. The predicted molar refractivity (Wildman–Crippen MR) is 276 cm³/mol. The Balaban J connectivity index is 0.00000631. The van der Waals surface area contributed by atoms with Crippen molar-refractivity contribution in [3.05, 3.63) is 104 Å². The number of esters is 4. The maximum atomic E-state index is 13.1. The highest BCUT2D eigenvalue weighted by molar-refractivity contribution is 7.99. The fourth-order valence-electron chi connectivity index (χ4n) is 5.15. The summed E-state index contributed by atoms with van der Waals surface area (Å²) in [7, 11) is 0. The fraction of sp³-hybridized carbons (Fsp3) is 0.400. The Bertz CT molecular complexity index is 2130. The van der Waals surface area contributed by atoms with Crippen LogP contribution in [-0.4, -0.2) is 118 Å². The number of nitrogens with one attached hydrogen (secondary N) is 4. The van der Waals surface area contributed by atoms with Gasteiger partial charge in [0.1, 0.15) is 45.7 Å². The maximum absolute atomic E-state index is 13.1. The van der Waals surface area contributed by atoms with Crippen LogP contribution < -0.4 is 21.3 Å². The van der Waals surface area contributed by atoms with Crippen molar-refractivity contribution in [2.45, 2.75) is 70.8 Å². The Morgan fingerprint density at radius 2 is 0.972 bits per heavy atom. The van der Waals surface area contributed by atoms with Crippen molar-refractivity contribution in [1.82, 2.24) is 0 Å². The zero-order chi connectivity index (χ0) is 53.2. The molecule has 4 amide bonds. The summed E-state index contributed by atoms with van der Waals surface area (Å²) < 4.78 is 41.0. The van der Waals surface area contributed by atoms with E-state index in [1.54, 1.807) is 42.1 Å². The van der Waals surface area contributed by atoms with Gasteiger partial charge in [-0.3, -0.25) is 30.9 Å². The zero-order valence-electron chi connectivity index (χ0n) is 41.1. The number of ether oxygens (including phenoxy) is 8. The SMILES string of the molecule is C=CC(=O)OCCOC(=O)CCCCCOC(=O)Nc1cccc(NC(=O)OC(COC(=O)Nc2cccc(NC(=O)OCCOC(=O)C=C)c2)CSCCC(=O)OCCSc2ccccc2)c1.CC.CC. The van der Waals surface area contributed by atoms with Crippen LogP contribution in [0, 0.1) is 0 Å². The smallest absolute Gasteiger partial charge is 0.412 e. The van der Waals surface area contributed by atoms with Crippen LogP contribution in [0.2, 0.25) is 0 Å².